The molecule has 0 aliphatic carbocycles. The second-order valence-corrected chi connectivity index (χ2v) is 4.86. The number of aromatic hydroxyl groups is 1. The van der Waals surface area contributed by atoms with Crippen molar-refractivity contribution in [3.63, 3.8) is 0 Å². The second kappa shape index (κ2) is 6.41. The Morgan fingerprint density at radius 3 is 2.79 bits per heavy atom. The van der Waals surface area contributed by atoms with Gasteiger partial charge in [0.1, 0.15) is 17.1 Å². The number of esters is 1. The highest BCUT2D eigenvalue weighted by molar-refractivity contribution is 6.05. The largest absolute Gasteiger partial charge is 0.507 e. The number of carbonyl (C=O) groups excluding carboxylic acids is 1. The Labute approximate surface area is 113 Å². The van der Waals surface area contributed by atoms with E-state index < -0.39 is 5.97 Å². The van der Waals surface area contributed by atoms with E-state index in [-0.39, 0.29) is 5.75 Å². The molecule has 0 bridgehead atoms. The summed E-state index contributed by atoms with van der Waals surface area (Å²) in [5.74, 6) is 0.130. The molecule has 1 N–H and O–H groups in total. The number of cyclic esters (lactones) is 1. The van der Waals surface area contributed by atoms with Gasteiger partial charge >= 0.3 is 5.97 Å². The molecule has 0 radical (unpaired) electrons. The first-order valence-corrected chi connectivity index (χ1v) is 6.98. The quantitative estimate of drug-likeness (QED) is 0.614. The van der Waals surface area contributed by atoms with E-state index in [0.717, 1.165) is 12.8 Å². The van der Waals surface area contributed by atoms with Crippen molar-refractivity contribution in [3.05, 3.63) is 35.4 Å². The minimum atomic E-state index is -0.453. The van der Waals surface area contributed by atoms with Gasteiger partial charge in [-0.25, -0.2) is 4.79 Å². The SMILES string of the molecule is CCCCCCC/C=C1\OC(=O)c2c(O)cccc21. The average molecular weight is 260 g/mol. The molecule has 0 saturated heterocycles. The fourth-order valence-corrected chi connectivity index (χ4v) is 2.30. The predicted molar refractivity (Wildman–Crippen MR) is 74.9 cm³/mol. The van der Waals surface area contributed by atoms with Crippen LogP contribution in [-0.4, -0.2) is 11.1 Å². The highest BCUT2D eigenvalue weighted by atomic mass is 16.5. The van der Waals surface area contributed by atoms with Gasteiger partial charge in [0.05, 0.1) is 0 Å². The zero-order valence-corrected chi connectivity index (χ0v) is 11.3. The summed E-state index contributed by atoms with van der Waals surface area (Å²) in [4.78, 5) is 11.6. The number of hydrogen-bond acceptors (Lipinski definition) is 3. The Bertz CT molecular complexity index is 489. The van der Waals surface area contributed by atoms with Crippen LogP contribution in [0.15, 0.2) is 24.3 Å². The predicted octanol–water partition coefficient (Wildman–Crippen LogP) is 4.26. The summed E-state index contributed by atoms with van der Waals surface area (Å²) in [5, 5.41) is 9.66. The lowest BCUT2D eigenvalue weighted by Gasteiger charge is -2.00. The smallest absolute Gasteiger partial charge is 0.348 e. The summed E-state index contributed by atoms with van der Waals surface area (Å²) in [6.45, 7) is 2.20. The number of phenolic OH excluding ortho intramolecular Hbond substituents is 1. The fraction of sp³-hybridized carbons (Fsp3) is 0.438. The van der Waals surface area contributed by atoms with E-state index in [9.17, 15) is 9.90 Å². The van der Waals surface area contributed by atoms with Crippen LogP contribution in [-0.2, 0) is 4.74 Å². The zero-order valence-electron chi connectivity index (χ0n) is 11.3. The lowest BCUT2D eigenvalue weighted by Crippen LogP contribution is -1.93. The molecule has 0 fully saturated rings. The van der Waals surface area contributed by atoms with Crippen LogP contribution in [0.5, 0.6) is 5.75 Å². The number of ether oxygens (including phenoxy) is 1. The first kappa shape index (κ1) is 13.7. The van der Waals surface area contributed by atoms with Crippen molar-refractivity contribution in [1.29, 1.82) is 0 Å². The van der Waals surface area contributed by atoms with Gasteiger partial charge in [-0.1, -0.05) is 44.7 Å². The molecule has 1 aromatic rings. The van der Waals surface area contributed by atoms with Crippen LogP contribution in [0.25, 0.3) is 5.76 Å². The summed E-state index contributed by atoms with van der Waals surface area (Å²) in [6.07, 6.45) is 8.95. The molecule has 3 nitrogen and oxygen atoms in total. The molecule has 2 rings (SSSR count). The third kappa shape index (κ3) is 3.16. The number of allylic oxidation sites excluding steroid dienone is 1. The van der Waals surface area contributed by atoms with Crippen molar-refractivity contribution in [3.8, 4) is 5.75 Å². The first-order chi connectivity index (χ1) is 9.24. The van der Waals surface area contributed by atoms with E-state index in [4.69, 9.17) is 4.74 Å². The minimum absolute atomic E-state index is 0.00570. The molecule has 1 aliphatic rings. The number of unbranched alkanes of at least 4 members (excludes halogenated alkanes) is 5. The Morgan fingerprint density at radius 2 is 2.00 bits per heavy atom. The normalized spacial score (nSPS) is 15.6. The van der Waals surface area contributed by atoms with E-state index >= 15 is 0 Å². The highest BCUT2D eigenvalue weighted by Crippen LogP contribution is 2.35. The van der Waals surface area contributed by atoms with E-state index in [0.29, 0.717) is 16.9 Å². The molecule has 0 amide bonds. The first-order valence-electron chi connectivity index (χ1n) is 6.98. The molecule has 1 heterocycles. The Hall–Kier alpha value is -1.77. The van der Waals surface area contributed by atoms with Gasteiger partial charge in [0.2, 0.25) is 0 Å². The maximum atomic E-state index is 11.6. The van der Waals surface area contributed by atoms with Gasteiger partial charge in [0.25, 0.3) is 0 Å². The molecule has 19 heavy (non-hydrogen) atoms. The molecule has 0 aromatic heterocycles. The van der Waals surface area contributed by atoms with Gasteiger partial charge in [-0.2, -0.15) is 0 Å². The Balaban J connectivity index is 1.97. The van der Waals surface area contributed by atoms with E-state index in [2.05, 4.69) is 6.92 Å². The van der Waals surface area contributed by atoms with Crippen molar-refractivity contribution >= 4 is 11.7 Å². The summed E-state index contributed by atoms with van der Waals surface area (Å²) >= 11 is 0. The molecular weight excluding hydrogens is 240 g/mol. The van der Waals surface area contributed by atoms with Gasteiger partial charge in [0.15, 0.2) is 0 Å². The van der Waals surface area contributed by atoms with Crippen molar-refractivity contribution in [2.75, 3.05) is 0 Å². The number of fused-ring (bicyclic) bond motifs is 1. The number of phenols is 1. The molecule has 0 unspecified atom stereocenters. The maximum Gasteiger partial charge on any atom is 0.348 e. The summed E-state index contributed by atoms with van der Waals surface area (Å²) in [6, 6.07) is 5.04. The van der Waals surface area contributed by atoms with Crippen LogP contribution in [0.2, 0.25) is 0 Å². The third-order valence-corrected chi connectivity index (χ3v) is 3.35. The van der Waals surface area contributed by atoms with Gasteiger partial charge in [0, 0.05) is 5.56 Å². The molecule has 1 aliphatic heterocycles. The van der Waals surface area contributed by atoms with Crippen LogP contribution < -0.4 is 0 Å². The van der Waals surface area contributed by atoms with Crippen molar-refractivity contribution < 1.29 is 14.6 Å². The number of carbonyl (C=O) groups is 1. The van der Waals surface area contributed by atoms with Gasteiger partial charge in [-0.05, 0) is 25.0 Å². The van der Waals surface area contributed by atoms with E-state index in [1.165, 1.54) is 31.7 Å². The van der Waals surface area contributed by atoms with Gasteiger partial charge < -0.3 is 9.84 Å². The summed E-state index contributed by atoms with van der Waals surface area (Å²) in [7, 11) is 0. The molecule has 0 spiro atoms. The topological polar surface area (TPSA) is 46.5 Å². The number of hydrogen-bond donors (Lipinski definition) is 1. The maximum absolute atomic E-state index is 11.6. The van der Waals surface area contributed by atoms with Gasteiger partial charge in [-0.3, -0.25) is 0 Å². The molecular formula is C16H20O3. The molecule has 1 aromatic carbocycles. The monoisotopic (exact) mass is 260 g/mol. The van der Waals surface area contributed by atoms with Crippen LogP contribution in [0.3, 0.4) is 0 Å². The molecule has 102 valence electrons. The van der Waals surface area contributed by atoms with Gasteiger partial charge in [-0.15, -0.1) is 0 Å². The summed E-state index contributed by atoms with van der Waals surface area (Å²) < 4.78 is 5.20. The average Bonchev–Trinajstić information content (AvgIpc) is 2.72. The van der Waals surface area contributed by atoms with E-state index in [1.807, 2.05) is 12.1 Å². The Kier molecular flexibility index (Phi) is 4.61. The van der Waals surface area contributed by atoms with E-state index in [1.54, 1.807) is 6.07 Å². The van der Waals surface area contributed by atoms with Crippen LogP contribution in [0, 0.1) is 0 Å². The number of rotatable bonds is 6. The standard InChI is InChI=1S/C16H20O3/c1-2-3-4-5-6-7-11-14-12-9-8-10-13(17)15(12)16(18)19-14/h8-11,17H,2-7H2,1H3/b14-11-. The van der Waals surface area contributed by atoms with Crippen molar-refractivity contribution in [2.24, 2.45) is 0 Å². The van der Waals surface area contributed by atoms with Crippen LogP contribution >= 0.6 is 0 Å². The highest BCUT2D eigenvalue weighted by Gasteiger charge is 2.28. The molecule has 0 saturated carbocycles. The zero-order chi connectivity index (χ0) is 13.7. The van der Waals surface area contributed by atoms with Crippen LogP contribution in [0.4, 0.5) is 0 Å². The number of benzene rings is 1. The fourth-order valence-electron chi connectivity index (χ4n) is 2.30. The second-order valence-electron chi connectivity index (χ2n) is 4.86. The lowest BCUT2D eigenvalue weighted by atomic mass is 10.1. The molecule has 3 heteroatoms. The van der Waals surface area contributed by atoms with Crippen molar-refractivity contribution in [1.82, 2.24) is 0 Å². The molecule has 0 atom stereocenters. The third-order valence-electron chi connectivity index (χ3n) is 3.35. The Morgan fingerprint density at radius 1 is 1.21 bits per heavy atom. The van der Waals surface area contributed by atoms with Crippen molar-refractivity contribution in [2.45, 2.75) is 45.4 Å². The lowest BCUT2D eigenvalue weighted by molar-refractivity contribution is 0.0713. The van der Waals surface area contributed by atoms with Crippen LogP contribution in [0.1, 0.15) is 61.4 Å². The minimum Gasteiger partial charge on any atom is -0.507 e. The summed E-state index contributed by atoms with van der Waals surface area (Å²) in [5.41, 5.74) is 0.998.